The summed E-state index contributed by atoms with van der Waals surface area (Å²) in [7, 11) is 0. The number of fused-ring (bicyclic) bond motifs is 1. The van der Waals surface area contributed by atoms with Crippen LogP contribution in [-0.4, -0.2) is 86.6 Å². The topological polar surface area (TPSA) is 96.4 Å². The maximum atomic E-state index is 14.5. The van der Waals surface area contributed by atoms with Crippen LogP contribution in [0.4, 0.5) is 0 Å². The smallest absolute Gasteiger partial charge is 0.312 e. The van der Waals surface area contributed by atoms with E-state index in [1.807, 2.05) is 51.1 Å². The Bertz CT molecular complexity index is 1100. The van der Waals surface area contributed by atoms with E-state index in [9.17, 15) is 19.5 Å². The molecule has 0 aromatic heterocycles. The highest BCUT2D eigenvalue weighted by Gasteiger charge is 2.77. The third-order valence-corrected chi connectivity index (χ3v) is 8.95. The Labute approximate surface area is 239 Å². The molecule has 3 aliphatic rings. The summed E-state index contributed by atoms with van der Waals surface area (Å²) >= 11 is 3.68. The Kier molecular flexibility index (Phi) is 8.73. The predicted octanol–water partition coefficient (Wildman–Crippen LogP) is 3.27. The van der Waals surface area contributed by atoms with Crippen LogP contribution in [0, 0.1) is 11.8 Å². The molecule has 39 heavy (non-hydrogen) atoms. The first-order chi connectivity index (χ1) is 18.5. The summed E-state index contributed by atoms with van der Waals surface area (Å²) in [5.74, 6) is -2.91. The van der Waals surface area contributed by atoms with Crippen molar-refractivity contribution in [1.82, 2.24) is 9.80 Å². The number of esters is 1. The molecule has 9 heteroatoms. The van der Waals surface area contributed by atoms with Gasteiger partial charge in [-0.15, -0.1) is 13.2 Å². The van der Waals surface area contributed by atoms with Gasteiger partial charge in [0.25, 0.3) is 0 Å². The lowest BCUT2D eigenvalue weighted by Gasteiger charge is -2.43. The van der Waals surface area contributed by atoms with Gasteiger partial charge in [0.15, 0.2) is 0 Å². The second-order valence-corrected chi connectivity index (χ2v) is 12.8. The third-order valence-electron chi connectivity index (χ3n) is 8.11. The van der Waals surface area contributed by atoms with E-state index in [1.165, 1.54) is 4.90 Å². The van der Waals surface area contributed by atoms with Crippen LogP contribution in [0.1, 0.15) is 39.2 Å². The highest BCUT2D eigenvalue weighted by atomic mass is 79.9. The third kappa shape index (κ3) is 5.21. The van der Waals surface area contributed by atoms with Crippen molar-refractivity contribution >= 4 is 33.7 Å². The Morgan fingerprint density at radius 3 is 2.56 bits per heavy atom. The summed E-state index contributed by atoms with van der Waals surface area (Å²) in [6.07, 6.45) is 3.94. The number of ether oxygens (including phenoxy) is 2. The first-order valence-electron chi connectivity index (χ1n) is 13.5. The van der Waals surface area contributed by atoms with Gasteiger partial charge in [-0.1, -0.05) is 58.4 Å². The van der Waals surface area contributed by atoms with Crippen molar-refractivity contribution in [3.63, 3.8) is 0 Å². The molecule has 0 radical (unpaired) electrons. The number of likely N-dealkylation sites (tertiary alicyclic amines) is 1. The number of benzene rings is 1. The molecule has 1 N–H and O–H groups in total. The van der Waals surface area contributed by atoms with Gasteiger partial charge in [-0.25, -0.2) is 0 Å². The maximum absolute atomic E-state index is 14.5. The molecule has 3 fully saturated rings. The molecule has 212 valence electrons. The van der Waals surface area contributed by atoms with Crippen LogP contribution in [0.2, 0.25) is 0 Å². The van der Waals surface area contributed by atoms with E-state index < -0.39 is 47.1 Å². The van der Waals surface area contributed by atoms with Gasteiger partial charge in [0.1, 0.15) is 11.6 Å². The number of hydrogen-bond acceptors (Lipinski definition) is 6. The van der Waals surface area contributed by atoms with Gasteiger partial charge in [0.05, 0.1) is 37.2 Å². The van der Waals surface area contributed by atoms with E-state index in [2.05, 4.69) is 29.1 Å². The average molecular weight is 604 g/mol. The van der Waals surface area contributed by atoms with Gasteiger partial charge < -0.3 is 24.4 Å². The number of halogens is 1. The lowest BCUT2D eigenvalue weighted by molar-refractivity contribution is -0.157. The van der Waals surface area contributed by atoms with Crippen molar-refractivity contribution in [2.24, 2.45) is 11.8 Å². The molecule has 3 saturated heterocycles. The zero-order valence-electron chi connectivity index (χ0n) is 22.9. The number of aliphatic hydroxyl groups is 1. The van der Waals surface area contributed by atoms with Crippen LogP contribution in [0.5, 0.6) is 0 Å². The molecule has 8 nitrogen and oxygen atoms in total. The number of amides is 2. The van der Waals surface area contributed by atoms with Gasteiger partial charge >= 0.3 is 5.97 Å². The molecule has 2 bridgehead atoms. The molecule has 1 spiro atoms. The van der Waals surface area contributed by atoms with Gasteiger partial charge in [0, 0.05) is 16.9 Å². The summed E-state index contributed by atoms with van der Waals surface area (Å²) in [5, 5.41) is 10.6. The van der Waals surface area contributed by atoms with E-state index in [-0.39, 0.29) is 36.4 Å². The lowest BCUT2D eigenvalue weighted by atomic mass is 9.70. The molecule has 3 heterocycles. The van der Waals surface area contributed by atoms with Crippen LogP contribution in [0.3, 0.4) is 0 Å². The summed E-state index contributed by atoms with van der Waals surface area (Å²) in [6.45, 7) is 13.4. The fourth-order valence-electron chi connectivity index (χ4n) is 6.46. The quantitative estimate of drug-likeness (QED) is 0.181. The van der Waals surface area contributed by atoms with E-state index in [0.29, 0.717) is 19.3 Å². The minimum absolute atomic E-state index is 0.156. The number of hydrogen-bond donors (Lipinski definition) is 1. The van der Waals surface area contributed by atoms with Crippen molar-refractivity contribution < 1.29 is 29.0 Å². The summed E-state index contributed by atoms with van der Waals surface area (Å²) in [5.41, 5.74) is -0.881. The van der Waals surface area contributed by atoms with Crippen LogP contribution >= 0.6 is 15.9 Å². The molecule has 3 unspecified atom stereocenters. The summed E-state index contributed by atoms with van der Waals surface area (Å²) in [6, 6.07) is 7.83. The number of nitrogens with zero attached hydrogens (tertiary/aromatic N) is 2. The van der Waals surface area contributed by atoms with Gasteiger partial charge in [-0.05, 0) is 45.6 Å². The van der Waals surface area contributed by atoms with Crippen molar-refractivity contribution in [1.29, 1.82) is 0 Å². The zero-order valence-corrected chi connectivity index (χ0v) is 24.5. The second kappa shape index (κ2) is 11.6. The average Bonchev–Trinajstić information content (AvgIpc) is 3.49. The molecule has 4 rings (SSSR count). The number of carbonyl (C=O) groups excluding carboxylic acids is 3. The predicted molar refractivity (Wildman–Crippen MR) is 151 cm³/mol. The first-order valence-corrected chi connectivity index (χ1v) is 14.4. The highest BCUT2D eigenvalue weighted by molar-refractivity contribution is 9.09. The van der Waals surface area contributed by atoms with Crippen LogP contribution in [-0.2, 0) is 30.3 Å². The molecule has 1 aromatic rings. The number of alkyl halides is 1. The van der Waals surface area contributed by atoms with Crippen molar-refractivity contribution in [2.75, 3.05) is 19.8 Å². The molecule has 7 atom stereocenters. The lowest BCUT2D eigenvalue weighted by Crippen LogP contribution is -2.62. The van der Waals surface area contributed by atoms with E-state index in [1.54, 1.807) is 17.1 Å². The standard InChI is InChI=1S/C30H39BrN2O6/c1-6-8-15-38-28(37)22-23-26(35)33(20(18-34)16-19-12-10-9-11-13-19)25(30(23)17-21(31)24(22)39-30)27(36)32(14-7-2)29(3,4)5/h6-7,9-13,20-25,34H,1-2,8,14-18H2,3-5H3/t20-,21?,22-,23+,24-,25?,30?/m1/s1. The Hall–Kier alpha value is -2.49. The maximum Gasteiger partial charge on any atom is 0.312 e. The minimum atomic E-state index is -1.23. The van der Waals surface area contributed by atoms with E-state index in [4.69, 9.17) is 9.47 Å². The fourth-order valence-corrected chi connectivity index (χ4v) is 7.40. The molecule has 0 saturated carbocycles. The molecular formula is C30H39BrN2O6. The minimum Gasteiger partial charge on any atom is -0.465 e. The van der Waals surface area contributed by atoms with Crippen molar-refractivity contribution in [2.45, 2.75) is 74.2 Å². The van der Waals surface area contributed by atoms with Crippen molar-refractivity contribution in [3.05, 3.63) is 61.2 Å². The van der Waals surface area contributed by atoms with Gasteiger partial charge in [-0.3, -0.25) is 14.4 Å². The molecular weight excluding hydrogens is 564 g/mol. The number of aliphatic hydroxyl groups excluding tert-OH is 1. The molecule has 0 aliphatic carbocycles. The fraction of sp³-hybridized carbons (Fsp3) is 0.567. The second-order valence-electron chi connectivity index (χ2n) is 11.6. The Morgan fingerprint density at radius 1 is 1.28 bits per heavy atom. The van der Waals surface area contributed by atoms with E-state index >= 15 is 0 Å². The normalized spacial score (nSPS) is 30.1. The first kappa shape index (κ1) is 29.5. The SMILES string of the molecule is C=CCCOC(=O)[C@H]1[C@@H]2OC3(CC2Br)C(C(=O)N(CC=C)C(C)(C)C)N([C@@H](CO)Cc2ccccc2)C(=O)[C@H]13. The van der Waals surface area contributed by atoms with Crippen LogP contribution in [0.15, 0.2) is 55.6 Å². The molecule has 3 aliphatic heterocycles. The zero-order chi connectivity index (χ0) is 28.5. The van der Waals surface area contributed by atoms with Gasteiger partial charge in [0.2, 0.25) is 11.8 Å². The monoisotopic (exact) mass is 602 g/mol. The number of carbonyl (C=O) groups is 3. The van der Waals surface area contributed by atoms with Crippen molar-refractivity contribution in [3.8, 4) is 0 Å². The molecule has 2 amide bonds. The highest BCUT2D eigenvalue weighted by Crippen LogP contribution is 2.61. The summed E-state index contributed by atoms with van der Waals surface area (Å²) < 4.78 is 12.1. The summed E-state index contributed by atoms with van der Waals surface area (Å²) in [4.78, 5) is 45.2. The largest absolute Gasteiger partial charge is 0.465 e. The van der Waals surface area contributed by atoms with Gasteiger partial charge in [-0.2, -0.15) is 0 Å². The van der Waals surface area contributed by atoms with E-state index in [0.717, 1.165) is 5.56 Å². The van der Waals surface area contributed by atoms with Crippen LogP contribution in [0.25, 0.3) is 0 Å². The Balaban J connectivity index is 1.80. The number of rotatable bonds is 11. The molecule has 1 aromatic carbocycles. The Morgan fingerprint density at radius 2 is 1.97 bits per heavy atom. The van der Waals surface area contributed by atoms with Crippen LogP contribution < -0.4 is 0 Å².